The summed E-state index contributed by atoms with van der Waals surface area (Å²) in [6.45, 7) is 5.55. The highest BCUT2D eigenvalue weighted by molar-refractivity contribution is 4.81. The molecular formula is C13H26N2O. The molecule has 0 aromatic heterocycles. The minimum atomic E-state index is 0.445. The largest absolute Gasteiger partial charge is 0.378 e. The Morgan fingerprint density at radius 3 is 2.88 bits per heavy atom. The SMILES string of the molecule is CC1CC(N(C)CC2CCCCN2)CCO1. The zero-order chi connectivity index (χ0) is 11.4. The second kappa shape index (κ2) is 5.99. The van der Waals surface area contributed by atoms with Gasteiger partial charge < -0.3 is 15.0 Å². The van der Waals surface area contributed by atoms with Crippen molar-refractivity contribution in [3.63, 3.8) is 0 Å². The summed E-state index contributed by atoms with van der Waals surface area (Å²) in [4.78, 5) is 2.54. The number of ether oxygens (including phenoxy) is 1. The number of nitrogens with zero attached hydrogens (tertiary/aromatic N) is 1. The zero-order valence-corrected chi connectivity index (χ0v) is 10.7. The first-order valence-electron chi connectivity index (χ1n) is 6.81. The van der Waals surface area contributed by atoms with E-state index in [4.69, 9.17) is 4.74 Å². The lowest BCUT2D eigenvalue weighted by atomic mass is 10.00. The predicted molar refractivity (Wildman–Crippen MR) is 66.7 cm³/mol. The van der Waals surface area contributed by atoms with Crippen LogP contribution in [0.4, 0.5) is 0 Å². The van der Waals surface area contributed by atoms with E-state index in [1.807, 2.05) is 0 Å². The molecule has 3 unspecified atom stereocenters. The molecule has 0 saturated carbocycles. The monoisotopic (exact) mass is 226 g/mol. The molecule has 0 bridgehead atoms. The lowest BCUT2D eigenvalue weighted by Gasteiger charge is -2.37. The van der Waals surface area contributed by atoms with Crippen LogP contribution >= 0.6 is 0 Å². The fourth-order valence-electron chi connectivity index (χ4n) is 2.95. The predicted octanol–water partition coefficient (Wildman–Crippen LogP) is 1.63. The van der Waals surface area contributed by atoms with Crippen LogP contribution in [0.3, 0.4) is 0 Å². The van der Waals surface area contributed by atoms with Crippen molar-refractivity contribution in [2.24, 2.45) is 0 Å². The molecule has 1 N–H and O–H groups in total. The van der Waals surface area contributed by atoms with Crippen LogP contribution in [0, 0.1) is 0 Å². The van der Waals surface area contributed by atoms with Gasteiger partial charge in [-0.1, -0.05) is 6.42 Å². The third-order valence-corrected chi connectivity index (χ3v) is 4.00. The van der Waals surface area contributed by atoms with Gasteiger partial charge in [0.15, 0.2) is 0 Å². The summed E-state index contributed by atoms with van der Waals surface area (Å²) >= 11 is 0. The summed E-state index contributed by atoms with van der Waals surface area (Å²) in [5, 5.41) is 3.63. The fraction of sp³-hybridized carbons (Fsp3) is 1.00. The lowest BCUT2D eigenvalue weighted by Crippen LogP contribution is -2.47. The van der Waals surface area contributed by atoms with Gasteiger partial charge in [-0.15, -0.1) is 0 Å². The number of hydrogen-bond acceptors (Lipinski definition) is 3. The first-order chi connectivity index (χ1) is 7.75. The number of rotatable bonds is 3. The molecule has 2 rings (SSSR count). The van der Waals surface area contributed by atoms with E-state index in [2.05, 4.69) is 24.2 Å². The molecule has 0 radical (unpaired) electrons. The van der Waals surface area contributed by atoms with Crippen molar-refractivity contribution < 1.29 is 4.74 Å². The molecule has 3 heteroatoms. The molecule has 0 aliphatic carbocycles. The minimum absolute atomic E-state index is 0.445. The number of hydrogen-bond donors (Lipinski definition) is 1. The molecule has 2 fully saturated rings. The topological polar surface area (TPSA) is 24.5 Å². The first kappa shape index (κ1) is 12.3. The second-order valence-electron chi connectivity index (χ2n) is 5.45. The summed E-state index contributed by atoms with van der Waals surface area (Å²) in [5.41, 5.74) is 0. The van der Waals surface area contributed by atoms with Gasteiger partial charge in [-0.3, -0.25) is 0 Å². The smallest absolute Gasteiger partial charge is 0.0561 e. The van der Waals surface area contributed by atoms with Crippen molar-refractivity contribution in [3.8, 4) is 0 Å². The van der Waals surface area contributed by atoms with Gasteiger partial charge in [0.2, 0.25) is 0 Å². The van der Waals surface area contributed by atoms with Crippen molar-refractivity contribution >= 4 is 0 Å². The highest BCUT2D eigenvalue weighted by Crippen LogP contribution is 2.19. The van der Waals surface area contributed by atoms with Gasteiger partial charge >= 0.3 is 0 Å². The summed E-state index contributed by atoms with van der Waals surface area (Å²) in [7, 11) is 2.28. The Hall–Kier alpha value is -0.120. The average molecular weight is 226 g/mol. The molecule has 0 aromatic rings. The van der Waals surface area contributed by atoms with Crippen LogP contribution in [0.15, 0.2) is 0 Å². The van der Waals surface area contributed by atoms with Crippen LogP contribution in [0.25, 0.3) is 0 Å². The second-order valence-corrected chi connectivity index (χ2v) is 5.45. The first-order valence-corrected chi connectivity index (χ1v) is 6.81. The van der Waals surface area contributed by atoms with Crippen LogP contribution in [-0.2, 0) is 4.74 Å². The molecule has 0 amide bonds. The highest BCUT2D eigenvalue weighted by atomic mass is 16.5. The van der Waals surface area contributed by atoms with Gasteiger partial charge in [-0.25, -0.2) is 0 Å². The molecule has 2 aliphatic heterocycles. The quantitative estimate of drug-likeness (QED) is 0.791. The van der Waals surface area contributed by atoms with Crippen molar-refractivity contribution in [1.29, 1.82) is 0 Å². The molecule has 3 atom stereocenters. The van der Waals surface area contributed by atoms with Crippen LogP contribution in [0.2, 0.25) is 0 Å². The fourth-order valence-corrected chi connectivity index (χ4v) is 2.95. The van der Waals surface area contributed by atoms with E-state index in [1.165, 1.54) is 45.2 Å². The third-order valence-electron chi connectivity index (χ3n) is 4.00. The summed E-state index contributed by atoms with van der Waals surface area (Å²) in [5.74, 6) is 0. The van der Waals surface area contributed by atoms with Crippen molar-refractivity contribution in [2.75, 3.05) is 26.7 Å². The molecule has 0 aromatic carbocycles. The number of piperidine rings is 1. The zero-order valence-electron chi connectivity index (χ0n) is 10.7. The van der Waals surface area contributed by atoms with E-state index in [0.717, 1.165) is 18.7 Å². The Morgan fingerprint density at radius 2 is 2.19 bits per heavy atom. The summed E-state index contributed by atoms with van der Waals surface area (Å²) < 4.78 is 5.61. The van der Waals surface area contributed by atoms with E-state index < -0.39 is 0 Å². The number of likely N-dealkylation sites (N-methyl/N-ethyl adjacent to an activating group) is 1. The molecule has 2 heterocycles. The summed E-state index contributed by atoms with van der Waals surface area (Å²) in [6.07, 6.45) is 6.95. The molecular weight excluding hydrogens is 200 g/mol. The Kier molecular flexibility index (Phi) is 4.62. The van der Waals surface area contributed by atoms with E-state index in [0.29, 0.717) is 6.10 Å². The van der Waals surface area contributed by atoms with Crippen molar-refractivity contribution in [3.05, 3.63) is 0 Å². The standard InChI is InChI=1S/C13H26N2O/c1-11-9-13(6-8-16-11)15(2)10-12-5-3-4-7-14-12/h11-14H,3-10H2,1-2H3. The van der Waals surface area contributed by atoms with Gasteiger partial charge in [-0.05, 0) is 46.2 Å². The van der Waals surface area contributed by atoms with Gasteiger partial charge in [0.05, 0.1) is 6.10 Å². The van der Waals surface area contributed by atoms with Gasteiger partial charge in [-0.2, -0.15) is 0 Å². The Balaban J connectivity index is 1.75. The minimum Gasteiger partial charge on any atom is -0.378 e. The lowest BCUT2D eigenvalue weighted by molar-refractivity contribution is -0.0137. The van der Waals surface area contributed by atoms with E-state index in [1.54, 1.807) is 0 Å². The van der Waals surface area contributed by atoms with Crippen LogP contribution in [0.5, 0.6) is 0 Å². The van der Waals surface area contributed by atoms with E-state index >= 15 is 0 Å². The maximum Gasteiger partial charge on any atom is 0.0561 e. The van der Waals surface area contributed by atoms with Crippen LogP contribution in [-0.4, -0.2) is 49.8 Å². The van der Waals surface area contributed by atoms with E-state index in [9.17, 15) is 0 Å². The van der Waals surface area contributed by atoms with Crippen LogP contribution in [0.1, 0.15) is 39.0 Å². The van der Waals surface area contributed by atoms with Crippen molar-refractivity contribution in [2.45, 2.75) is 57.2 Å². The normalized spacial score (nSPS) is 36.6. The van der Waals surface area contributed by atoms with E-state index in [-0.39, 0.29) is 0 Å². The Bertz CT molecular complexity index is 204. The molecule has 94 valence electrons. The summed E-state index contributed by atoms with van der Waals surface area (Å²) in [6, 6.07) is 1.45. The van der Waals surface area contributed by atoms with Gasteiger partial charge in [0.1, 0.15) is 0 Å². The Labute approximate surface area is 99.5 Å². The maximum atomic E-state index is 5.61. The van der Waals surface area contributed by atoms with Crippen molar-refractivity contribution in [1.82, 2.24) is 10.2 Å². The van der Waals surface area contributed by atoms with Gasteiger partial charge in [0.25, 0.3) is 0 Å². The third kappa shape index (κ3) is 3.44. The molecule has 0 spiro atoms. The molecule has 16 heavy (non-hydrogen) atoms. The molecule has 2 aliphatic rings. The molecule has 2 saturated heterocycles. The van der Waals surface area contributed by atoms with Crippen LogP contribution < -0.4 is 5.32 Å². The Morgan fingerprint density at radius 1 is 1.31 bits per heavy atom. The van der Waals surface area contributed by atoms with Gasteiger partial charge in [0, 0.05) is 25.2 Å². The highest BCUT2D eigenvalue weighted by Gasteiger charge is 2.24. The molecule has 3 nitrogen and oxygen atoms in total. The average Bonchev–Trinajstić information content (AvgIpc) is 2.30. The number of nitrogens with one attached hydrogen (secondary N) is 1. The maximum absolute atomic E-state index is 5.61.